The highest BCUT2D eigenvalue weighted by atomic mass is 16.2. The second-order valence-corrected chi connectivity index (χ2v) is 7.33. The summed E-state index contributed by atoms with van der Waals surface area (Å²) in [5.41, 5.74) is 2.05. The fourth-order valence-electron chi connectivity index (χ4n) is 3.98. The van der Waals surface area contributed by atoms with Gasteiger partial charge in [-0.2, -0.15) is 0 Å². The van der Waals surface area contributed by atoms with E-state index in [0.717, 1.165) is 49.7 Å². The molecule has 27 heavy (non-hydrogen) atoms. The van der Waals surface area contributed by atoms with Gasteiger partial charge in [0.25, 0.3) is 5.91 Å². The van der Waals surface area contributed by atoms with Gasteiger partial charge in [-0.15, -0.1) is 0 Å². The van der Waals surface area contributed by atoms with Crippen LogP contribution in [-0.4, -0.2) is 37.9 Å². The number of H-pyrrole nitrogens is 1. The van der Waals surface area contributed by atoms with Crippen molar-refractivity contribution >= 4 is 16.8 Å². The summed E-state index contributed by atoms with van der Waals surface area (Å²) in [5, 5.41) is 0.818. The number of aromatic amines is 1. The molecule has 0 radical (unpaired) electrons. The molecule has 1 unspecified atom stereocenters. The van der Waals surface area contributed by atoms with Crippen LogP contribution in [0.2, 0.25) is 0 Å². The van der Waals surface area contributed by atoms with Gasteiger partial charge in [0.15, 0.2) is 0 Å². The summed E-state index contributed by atoms with van der Waals surface area (Å²) >= 11 is 0. The maximum atomic E-state index is 13.4. The number of likely N-dealkylation sites (tertiary alicyclic amines) is 1. The first-order chi connectivity index (χ1) is 13.1. The first kappa shape index (κ1) is 17.5. The largest absolute Gasteiger partial charge is 0.337 e. The second-order valence-electron chi connectivity index (χ2n) is 7.33. The second kappa shape index (κ2) is 7.39. The van der Waals surface area contributed by atoms with Gasteiger partial charge in [0.05, 0.1) is 11.9 Å². The molecule has 1 aliphatic heterocycles. The standard InChI is InChI=1S/C21H24N4O2/c1-15-5-6-19-17(12-15)18(13-20(26)23-19)21(27)25-9-3-2-4-16(25)7-10-24-11-8-22-14-24/h5-6,8,11-14,16H,2-4,7,9-10H2,1H3,(H,23,26). The van der Waals surface area contributed by atoms with E-state index in [-0.39, 0.29) is 17.5 Å². The fourth-order valence-corrected chi connectivity index (χ4v) is 3.98. The van der Waals surface area contributed by atoms with Crippen LogP contribution in [0.5, 0.6) is 0 Å². The summed E-state index contributed by atoms with van der Waals surface area (Å²) < 4.78 is 2.04. The van der Waals surface area contributed by atoms with Crippen LogP contribution in [0.4, 0.5) is 0 Å². The third kappa shape index (κ3) is 3.65. The molecule has 6 heteroatoms. The minimum atomic E-state index is -0.235. The molecule has 1 fully saturated rings. The molecule has 1 amide bonds. The van der Waals surface area contributed by atoms with Gasteiger partial charge >= 0.3 is 0 Å². The lowest BCUT2D eigenvalue weighted by Crippen LogP contribution is -2.44. The molecule has 6 nitrogen and oxygen atoms in total. The zero-order valence-electron chi connectivity index (χ0n) is 15.5. The van der Waals surface area contributed by atoms with E-state index in [2.05, 4.69) is 9.97 Å². The van der Waals surface area contributed by atoms with Gasteiger partial charge in [-0.3, -0.25) is 9.59 Å². The zero-order valence-corrected chi connectivity index (χ0v) is 15.5. The lowest BCUT2D eigenvalue weighted by molar-refractivity contribution is 0.0597. The van der Waals surface area contributed by atoms with E-state index in [0.29, 0.717) is 11.1 Å². The fraction of sp³-hybridized carbons (Fsp3) is 0.381. The van der Waals surface area contributed by atoms with Crippen LogP contribution in [0.3, 0.4) is 0 Å². The predicted octanol–water partition coefficient (Wildman–Crippen LogP) is 3.12. The van der Waals surface area contributed by atoms with Crippen molar-refractivity contribution < 1.29 is 4.79 Å². The third-order valence-corrected chi connectivity index (χ3v) is 5.40. The summed E-state index contributed by atoms with van der Waals surface area (Å²) in [6, 6.07) is 7.43. The number of carbonyl (C=O) groups is 1. The molecule has 3 heterocycles. The van der Waals surface area contributed by atoms with E-state index in [1.165, 1.54) is 6.07 Å². The number of benzene rings is 1. The van der Waals surface area contributed by atoms with Crippen LogP contribution in [-0.2, 0) is 6.54 Å². The number of hydrogen-bond acceptors (Lipinski definition) is 3. The summed E-state index contributed by atoms with van der Waals surface area (Å²) in [5.74, 6) is -0.0352. The molecule has 0 bridgehead atoms. The number of hydrogen-bond donors (Lipinski definition) is 1. The van der Waals surface area contributed by atoms with Crippen molar-refractivity contribution in [3.8, 4) is 0 Å². The normalized spacial score (nSPS) is 17.4. The van der Waals surface area contributed by atoms with Crippen LogP contribution in [0, 0.1) is 6.92 Å². The zero-order chi connectivity index (χ0) is 18.8. The molecule has 1 saturated heterocycles. The number of nitrogens with one attached hydrogen (secondary N) is 1. The van der Waals surface area contributed by atoms with E-state index < -0.39 is 0 Å². The lowest BCUT2D eigenvalue weighted by atomic mass is 9.97. The Hall–Kier alpha value is -2.89. The highest BCUT2D eigenvalue weighted by Gasteiger charge is 2.28. The topological polar surface area (TPSA) is 71.0 Å². The first-order valence-corrected chi connectivity index (χ1v) is 9.52. The Kier molecular flexibility index (Phi) is 4.79. The van der Waals surface area contributed by atoms with Gasteiger partial charge in [0.1, 0.15) is 0 Å². The number of nitrogens with zero attached hydrogens (tertiary/aromatic N) is 3. The maximum absolute atomic E-state index is 13.4. The predicted molar refractivity (Wildman–Crippen MR) is 105 cm³/mol. The molecule has 1 N–H and O–H groups in total. The number of pyridine rings is 1. The Morgan fingerprint density at radius 3 is 3.00 bits per heavy atom. The van der Waals surface area contributed by atoms with Crippen molar-refractivity contribution in [2.75, 3.05) is 6.54 Å². The van der Waals surface area contributed by atoms with Crippen LogP contribution in [0.15, 0.2) is 47.8 Å². The molecule has 140 valence electrons. The number of carbonyl (C=O) groups excluding carboxylic acids is 1. The van der Waals surface area contributed by atoms with Gasteiger partial charge in [-0.25, -0.2) is 4.98 Å². The van der Waals surface area contributed by atoms with Gasteiger partial charge < -0.3 is 14.5 Å². The molecular formula is C21H24N4O2. The van der Waals surface area contributed by atoms with Gasteiger partial charge in [0, 0.05) is 48.5 Å². The number of aryl methyl sites for hydroxylation is 2. The average Bonchev–Trinajstić information content (AvgIpc) is 3.19. The Morgan fingerprint density at radius 2 is 2.19 bits per heavy atom. The minimum absolute atomic E-state index is 0.0352. The highest BCUT2D eigenvalue weighted by molar-refractivity contribution is 6.06. The van der Waals surface area contributed by atoms with E-state index in [1.54, 1.807) is 6.20 Å². The van der Waals surface area contributed by atoms with Crippen molar-refractivity contribution in [1.82, 2.24) is 19.4 Å². The lowest BCUT2D eigenvalue weighted by Gasteiger charge is -2.36. The van der Waals surface area contributed by atoms with E-state index in [1.807, 2.05) is 47.1 Å². The van der Waals surface area contributed by atoms with Gasteiger partial charge in [-0.05, 0) is 44.7 Å². The number of fused-ring (bicyclic) bond motifs is 1. The number of rotatable bonds is 4. The van der Waals surface area contributed by atoms with Crippen molar-refractivity contribution in [3.05, 3.63) is 64.5 Å². The summed E-state index contributed by atoms with van der Waals surface area (Å²) in [6.45, 7) is 3.57. The Bertz CT molecular complexity index is 1010. The molecule has 1 aliphatic rings. The van der Waals surface area contributed by atoms with Gasteiger partial charge in [-0.1, -0.05) is 11.6 Å². The van der Waals surface area contributed by atoms with Crippen molar-refractivity contribution in [3.63, 3.8) is 0 Å². The van der Waals surface area contributed by atoms with Crippen LogP contribution in [0.1, 0.15) is 41.6 Å². The molecule has 4 rings (SSSR count). The van der Waals surface area contributed by atoms with Crippen LogP contribution < -0.4 is 5.56 Å². The highest BCUT2D eigenvalue weighted by Crippen LogP contribution is 2.25. The van der Waals surface area contributed by atoms with Crippen LogP contribution >= 0.6 is 0 Å². The number of piperidine rings is 1. The molecule has 2 aromatic heterocycles. The summed E-state index contributed by atoms with van der Waals surface area (Å²) in [7, 11) is 0. The van der Waals surface area contributed by atoms with E-state index in [4.69, 9.17) is 0 Å². The first-order valence-electron chi connectivity index (χ1n) is 9.52. The van der Waals surface area contributed by atoms with Gasteiger partial charge in [0.2, 0.25) is 5.56 Å². The number of imidazole rings is 1. The Labute approximate surface area is 157 Å². The molecular weight excluding hydrogens is 340 g/mol. The minimum Gasteiger partial charge on any atom is -0.337 e. The Morgan fingerprint density at radius 1 is 1.30 bits per heavy atom. The number of amides is 1. The monoisotopic (exact) mass is 364 g/mol. The Balaban J connectivity index is 1.64. The summed E-state index contributed by atoms with van der Waals surface area (Å²) in [4.78, 5) is 34.4. The average molecular weight is 364 g/mol. The SMILES string of the molecule is Cc1ccc2[nH]c(=O)cc(C(=O)N3CCCCC3CCn3ccnc3)c2c1. The van der Waals surface area contributed by atoms with E-state index in [9.17, 15) is 9.59 Å². The van der Waals surface area contributed by atoms with Crippen molar-refractivity contribution in [2.24, 2.45) is 0 Å². The van der Waals surface area contributed by atoms with Crippen molar-refractivity contribution in [1.29, 1.82) is 0 Å². The molecule has 0 spiro atoms. The number of aromatic nitrogens is 3. The van der Waals surface area contributed by atoms with Crippen molar-refractivity contribution in [2.45, 2.75) is 45.2 Å². The quantitative estimate of drug-likeness (QED) is 0.773. The molecule has 0 saturated carbocycles. The maximum Gasteiger partial charge on any atom is 0.254 e. The summed E-state index contributed by atoms with van der Waals surface area (Å²) in [6.07, 6.45) is 9.56. The van der Waals surface area contributed by atoms with Crippen LogP contribution in [0.25, 0.3) is 10.9 Å². The molecule has 1 aromatic carbocycles. The third-order valence-electron chi connectivity index (χ3n) is 5.40. The molecule has 1 atom stereocenters. The molecule has 3 aromatic rings. The van der Waals surface area contributed by atoms with E-state index >= 15 is 0 Å². The molecule has 0 aliphatic carbocycles. The smallest absolute Gasteiger partial charge is 0.254 e.